The van der Waals surface area contributed by atoms with Crippen LogP contribution in [0.25, 0.3) is 0 Å². The van der Waals surface area contributed by atoms with Crippen LogP contribution in [0.5, 0.6) is 11.5 Å². The molecule has 1 heterocycles. The molecule has 0 radical (unpaired) electrons. The van der Waals surface area contributed by atoms with Crippen molar-refractivity contribution in [2.75, 3.05) is 33.9 Å². The number of rotatable bonds is 8. The second-order valence-corrected chi connectivity index (χ2v) is 7.62. The highest BCUT2D eigenvalue weighted by molar-refractivity contribution is 5.96. The molecule has 1 aliphatic heterocycles. The minimum absolute atomic E-state index is 0.0227. The normalized spacial score (nSPS) is 14.3. The molecule has 3 rings (SSSR count). The molecular formula is C24H30N2O4. The highest BCUT2D eigenvalue weighted by atomic mass is 16.5. The highest BCUT2D eigenvalue weighted by Crippen LogP contribution is 2.23. The summed E-state index contributed by atoms with van der Waals surface area (Å²) in [6, 6.07) is 15.1. The van der Waals surface area contributed by atoms with E-state index in [4.69, 9.17) is 9.47 Å². The van der Waals surface area contributed by atoms with Crippen molar-refractivity contribution in [1.29, 1.82) is 0 Å². The van der Waals surface area contributed by atoms with E-state index < -0.39 is 0 Å². The van der Waals surface area contributed by atoms with Crippen molar-refractivity contribution in [2.24, 2.45) is 5.92 Å². The van der Waals surface area contributed by atoms with Crippen LogP contribution in [0.4, 0.5) is 0 Å². The molecule has 0 saturated carbocycles. The van der Waals surface area contributed by atoms with Gasteiger partial charge in [0.25, 0.3) is 5.91 Å². The molecule has 30 heavy (non-hydrogen) atoms. The summed E-state index contributed by atoms with van der Waals surface area (Å²) in [5.41, 5.74) is 1.83. The van der Waals surface area contributed by atoms with Crippen LogP contribution in [0.15, 0.2) is 48.5 Å². The summed E-state index contributed by atoms with van der Waals surface area (Å²) in [7, 11) is 3.25. The van der Waals surface area contributed by atoms with Gasteiger partial charge in [-0.15, -0.1) is 0 Å². The molecule has 0 spiro atoms. The maximum Gasteiger partial charge on any atom is 0.251 e. The van der Waals surface area contributed by atoms with Gasteiger partial charge in [0.15, 0.2) is 0 Å². The van der Waals surface area contributed by atoms with Gasteiger partial charge >= 0.3 is 0 Å². The summed E-state index contributed by atoms with van der Waals surface area (Å²) in [4.78, 5) is 26.5. The minimum atomic E-state index is -0.250. The molecular weight excluding hydrogens is 380 g/mol. The van der Waals surface area contributed by atoms with E-state index in [0.717, 1.165) is 44.5 Å². The molecule has 2 aromatic carbocycles. The predicted molar refractivity (Wildman–Crippen MR) is 116 cm³/mol. The first-order valence-corrected chi connectivity index (χ1v) is 10.4. The second kappa shape index (κ2) is 10.7. The number of ether oxygens (including phenoxy) is 2. The number of methoxy groups -OCH3 is 2. The molecule has 1 N–H and O–H groups in total. The topological polar surface area (TPSA) is 67.9 Å². The molecule has 1 fully saturated rings. The fourth-order valence-electron chi connectivity index (χ4n) is 3.75. The first-order valence-electron chi connectivity index (χ1n) is 10.4. The van der Waals surface area contributed by atoms with Gasteiger partial charge in [0.05, 0.1) is 20.8 Å². The number of amides is 2. The average molecular weight is 411 g/mol. The summed E-state index contributed by atoms with van der Waals surface area (Å²) < 4.78 is 10.3. The lowest BCUT2D eigenvalue weighted by Gasteiger charge is -2.32. The van der Waals surface area contributed by atoms with Gasteiger partial charge in [-0.05, 0) is 73.6 Å². The minimum Gasteiger partial charge on any atom is -0.497 e. The van der Waals surface area contributed by atoms with Crippen LogP contribution in [-0.4, -0.2) is 50.6 Å². The third kappa shape index (κ3) is 5.99. The fraction of sp³-hybridized carbons (Fsp3) is 0.417. The molecule has 0 unspecified atom stereocenters. The van der Waals surface area contributed by atoms with E-state index in [1.165, 1.54) is 5.56 Å². The number of piperidine rings is 1. The highest BCUT2D eigenvalue weighted by Gasteiger charge is 2.23. The zero-order chi connectivity index (χ0) is 21.3. The summed E-state index contributed by atoms with van der Waals surface area (Å²) >= 11 is 0. The second-order valence-electron chi connectivity index (χ2n) is 7.62. The van der Waals surface area contributed by atoms with E-state index >= 15 is 0 Å². The predicted octanol–water partition coefficient (Wildman–Crippen LogP) is 3.31. The molecule has 0 atom stereocenters. The number of likely N-dealkylation sites (tertiary alicyclic amines) is 1. The monoisotopic (exact) mass is 410 g/mol. The largest absolute Gasteiger partial charge is 0.497 e. The lowest BCUT2D eigenvalue weighted by atomic mass is 9.90. The third-order valence-electron chi connectivity index (χ3n) is 5.72. The van der Waals surface area contributed by atoms with Crippen LogP contribution in [0, 0.1) is 5.92 Å². The smallest absolute Gasteiger partial charge is 0.251 e. The van der Waals surface area contributed by atoms with Gasteiger partial charge < -0.3 is 19.7 Å². The number of nitrogens with zero attached hydrogens (tertiary/aromatic N) is 1. The van der Waals surface area contributed by atoms with Crippen LogP contribution in [0.3, 0.4) is 0 Å². The third-order valence-corrected chi connectivity index (χ3v) is 5.72. The van der Waals surface area contributed by atoms with E-state index in [-0.39, 0.29) is 18.4 Å². The standard InChI is InChI=1S/C24H30N2O4/c1-29-21-9-5-18(6-10-21)3-4-19-13-15-26(16-14-19)23(27)17-25-24(28)20-7-11-22(30-2)12-8-20/h5-12,19H,3-4,13-17H2,1-2H3,(H,25,28). The maximum absolute atomic E-state index is 12.5. The van der Waals surface area contributed by atoms with Crippen molar-refractivity contribution in [1.82, 2.24) is 10.2 Å². The Morgan fingerprint density at radius 3 is 2.07 bits per heavy atom. The van der Waals surface area contributed by atoms with Crippen molar-refractivity contribution in [3.63, 3.8) is 0 Å². The van der Waals surface area contributed by atoms with Crippen molar-refractivity contribution >= 4 is 11.8 Å². The Morgan fingerprint density at radius 2 is 1.50 bits per heavy atom. The zero-order valence-corrected chi connectivity index (χ0v) is 17.7. The van der Waals surface area contributed by atoms with E-state index in [1.807, 2.05) is 17.0 Å². The number of hydrogen-bond donors (Lipinski definition) is 1. The van der Waals surface area contributed by atoms with E-state index in [0.29, 0.717) is 17.2 Å². The van der Waals surface area contributed by atoms with Gasteiger partial charge in [0, 0.05) is 18.7 Å². The summed E-state index contributed by atoms with van der Waals surface area (Å²) in [6.07, 6.45) is 4.19. The molecule has 1 saturated heterocycles. The lowest BCUT2D eigenvalue weighted by molar-refractivity contribution is -0.131. The SMILES string of the molecule is COc1ccc(CCC2CCN(C(=O)CNC(=O)c3ccc(OC)cc3)CC2)cc1. The van der Waals surface area contributed by atoms with Crippen molar-refractivity contribution in [3.05, 3.63) is 59.7 Å². The maximum atomic E-state index is 12.5. The van der Waals surface area contributed by atoms with Crippen LogP contribution >= 0.6 is 0 Å². The van der Waals surface area contributed by atoms with Crippen molar-refractivity contribution in [2.45, 2.75) is 25.7 Å². The Kier molecular flexibility index (Phi) is 7.71. The number of carbonyl (C=O) groups excluding carboxylic acids is 2. The number of aryl methyl sites for hydroxylation is 1. The molecule has 0 aliphatic carbocycles. The molecule has 2 amide bonds. The average Bonchev–Trinajstić information content (AvgIpc) is 2.81. The Bertz CT molecular complexity index is 825. The van der Waals surface area contributed by atoms with E-state index in [2.05, 4.69) is 17.4 Å². The van der Waals surface area contributed by atoms with E-state index in [9.17, 15) is 9.59 Å². The van der Waals surface area contributed by atoms with Crippen molar-refractivity contribution < 1.29 is 19.1 Å². The molecule has 160 valence electrons. The van der Waals surface area contributed by atoms with E-state index in [1.54, 1.807) is 38.5 Å². The van der Waals surface area contributed by atoms with Crippen LogP contribution < -0.4 is 14.8 Å². The molecule has 2 aromatic rings. The summed E-state index contributed by atoms with van der Waals surface area (Å²) in [6.45, 7) is 1.54. The van der Waals surface area contributed by atoms with Crippen LogP contribution in [0.1, 0.15) is 35.2 Å². The Hall–Kier alpha value is -3.02. The van der Waals surface area contributed by atoms with Crippen LogP contribution in [-0.2, 0) is 11.2 Å². The van der Waals surface area contributed by atoms with Gasteiger partial charge in [0.1, 0.15) is 11.5 Å². The molecule has 0 aromatic heterocycles. The molecule has 0 bridgehead atoms. The van der Waals surface area contributed by atoms with Gasteiger partial charge in [-0.1, -0.05) is 12.1 Å². The summed E-state index contributed by atoms with van der Waals surface area (Å²) in [5, 5.41) is 2.72. The molecule has 6 nitrogen and oxygen atoms in total. The van der Waals surface area contributed by atoms with Crippen LogP contribution in [0.2, 0.25) is 0 Å². The molecule has 6 heteroatoms. The van der Waals surface area contributed by atoms with Crippen molar-refractivity contribution in [3.8, 4) is 11.5 Å². The van der Waals surface area contributed by atoms with Gasteiger partial charge in [-0.2, -0.15) is 0 Å². The van der Waals surface area contributed by atoms with Gasteiger partial charge in [0.2, 0.25) is 5.91 Å². The number of nitrogens with one attached hydrogen (secondary N) is 1. The van der Waals surface area contributed by atoms with Gasteiger partial charge in [-0.25, -0.2) is 0 Å². The summed E-state index contributed by atoms with van der Waals surface area (Å²) in [5.74, 6) is 1.93. The first-order chi connectivity index (χ1) is 14.6. The first kappa shape index (κ1) is 21.7. The Morgan fingerprint density at radius 1 is 0.933 bits per heavy atom. The quantitative estimate of drug-likeness (QED) is 0.725. The number of carbonyl (C=O) groups is 2. The number of hydrogen-bond acceptors (Lipinski definition) is 4. The molecule has 1 aliphatic rings. The van der Waals surface area contributed by atoms with Gasteiger partial charge in [-0.3, -0.25) is 9.59 Å². The number of benzene rings is 2. The Labute approximate surface area is 178 Å². The lowest BCUT2D eigenvalue weighted by Crippen LogP contribution is -2.44. The fourth-order valence-corrected chi connectivity index (χ4v) is 3.75. The zero-order valence-electron chi connectivity index (χ0n) is 17.7. The Balaban J connectivity index is 1.37.